The van der Waals surface area contributed by atoms with E-state index in [1.807, 2.05) is 28.5 Å². The van der Waals surface area contributed by atoms with Crippen LogP contribution in [-0.4, -0.2) is 60.0 Å². The summed E-state index contributed by atoms with van der Waals surface area (Å²) in [4.78, 5) is 24.2. The Bertz CT molecular complexity index is 1060. The number of carbonyl (C=O) groups excluding carboxylic acids is 1. The molecule has 5 nitrogen and oxygen atoms in total. The molecule has 0 saturated carbocycles. The molecule has 2 aliphatic rings. The van der Waals surface area contributed by atoms with E-state index in [1.54, 1.807) is 23.5 Å². The van der Waals surface area contributed by atoms with Gasteiger partial charge < -0.3 is 4.90 Å². The van der Waals surface area contributed by atoms with Gasteiger partial charge in [-0.15, -0.1) is 11.3 Å². The van der Waals surface area contributed by atoms with Gasteiger partial charge in [0.05, 0.1) is 18.8 Å². The number of rotatable bonds is 5. The summed E-state index contributed by atoms with van der Waals surface area (Å²) in [6.07, 6.45) is 0.948. The molecule has 0 unspecified atom stereocenters. The Hall–Kier alpha value is -2.61. The third-order valence-corrected chi connectivity index (χ3v) is 6.90. The van der Waals surface area contributed by atoms with Gasteiger partial charge in [-0.25, -0.2) is 9.37 Å². The van der Waals surface area contributed by atoms with Crippen molar-refractivity contribution in [3.05, 3.63) is 70.3 Å². The molecule has 7 heteroatoms. The second kappa shape index (κ2) is 8.86. The first kappa shape index (κ1) is 20.3. The zero-order chi connectivity index (χ0) is 21.2. The second-order valence-electron chi connectivity index (χ2n) is 8.11. The fourth-order valence-corrected chi connectivity index (χ4v) is 5.15. The average Bonchev–Trinajstić information content (AvgIpc) is 3.43. The van der Waals surface area contributed by atoms with Crippen LogP contribution >= 0.6 is 11.3 Å². The standard InChI is InChI=1S/C24H25FN4OS/c25-20-7-5-18(6-8-20)21-17-31-23(26-21)15-27-11-13-28(14-12-27)16-24(30)29-10-9-19-3-1-2-4-22(19)29/h1-8,17H,9-16H2. The molecule has 3 aromatic rings. The van der Waals surface area contributed by atoms with Crippen molar-refractivity contribution < 1.29 is 9.18 Å². The number of amides is 1. The lowest BCUT2D eigenvalue weighted by Gasteiger charge is -2.34. The van der Waals surface area contributed by atoms with Gasteiger partial charge in [0.2, 0.25) is 5.91 Å². The van der Waals surface area contributed by atoms with Gasteiger partial charge in [0, 0.05) is 49.4 Å². The number of piperazine rings is 1. The molecule has 5 rings (SSSR count). The van der Waals surface area contributed by atoms with Gasteiger partial charge in [-0.1, -0.05) is 18.2 Å². The number of nitrogens with zero attached hydrogens (tertiary/aromatic N) is 4. The number of fused-ring (bicyclic) bond motifs is 1. The Kier molecular flexibility index (Phi) is 5.80. The Morgan fingerprint density at radius 2 is 1.71 bits per heavy atom. The van der Waals surface area contributed by atoms with Crippen molar-refractivity contribution in [2.45, 2.75) is 13.0 Å². The minimum absolute atomic E-state index is 0.197. The van der Waals surface area contributed by atoms with E-state index < -0.39 is 0 Å². The minimum atomic E-state index is -0.232. The average molecular weight is 437 g/mol. The van der Waals surface area contributed by atoms with Crippen molar-refractivity contribution in [3.8, 4) is 11.3 Å². The molecule has 1 aromatic heterocycles. The molecule has 0 aliphatic carbocycles. The predicted octanol–water partition coefficient (Wildman–Crippen LogP) is 3.66. The summed E-state index contributed by atoms with van der Waals surface area (Å²) in [6, 6.07) is 14.7. The van der Waals surface area contributed by atoms with Crippen LogP contribution in [0.2, 0.25) is 0 Å². The Morgan fingerprint density at radius 3 is 2.52 bits per heavy atom. The Balaban J connectivity index is 1.12. The van der Waals surface area contributed by atoms with Gasteiger partial charge in [0.1, 0.15) is 10.8 Å². The lowest BCUT2D eigenvalue weighted by Crippen LogP contribution is -2.49. The highest BCUT2D eigenvalue weighted by molar-refractivity contribution is 7.09. The molecule has 31 heavy (non-hydrogen) atoms. The number of para-hydroxylation sites is 1. The summed E-state index contributed by atoms with van der Waals surface area (Å²) < 4.78 is 13.1. The number of carbonyl (C=O) groups is 1. The van der Waals surface area contributed by atoms with Crippen molar-refractivity contribution in [2.24, 2.45) is 0 Å². The Morgan fingerprint density at radius 1 is 0.968 bits per heavy atom. The van der Waals surface area contributed by atoms with E-state index in [4.69, 9.17) is 4.98 Å². The third-order valence-electron chi connectivity index (χ3n) is 6.06. The topological polar surface area (TPSA) is 39.7 Å². The van der Waals surface area contributed by atoms with Crippen LogP contribution in [0.1, 0.15) is 10.6 Å². The maximum Gasteiger partial charge on any atom is 0.241 e. The van der Waals surface area contributed by atoms with Gasteiger partial charge in [0.15, 0.2) is 0 Å². The third kappa shape index (κ3) is 4.54. The molecular formula is C24H25FN4OS. The number of aromatic nitrogens is 1. The van der Waals surface area contributed by atoms with E-state index in [0.29, 0.717) is 6.54 Å². The molecule has 2 aromatic carbocycles. The SMILES string of the molecule is O=C(CN1CCN(Cc2nc(-c3ccc(F)cc3)cs2)CC1)N1CCc2ccccc21. The van der Waals surface area contributed by atoms with Crippen molar-refractivity contribution in [2.75, 3.05) is 44.2 Å². The highest BCUT2D eigenvalue weighted by Gasteiger charge is 2.27. The maximum absolute atomic E-state index is 13.1. The van der Waals surface area contributed by atoms with Crippen molar-refractivity contribution in [1.82, 2.24) is 14.8 Å². The van der Waals surface area contributed by atoms with E-state index >= 15 is 0 Å². The molecule has 1 saturated heterocycles. The largest absolute Gasteiger partial charge is 0.311 e. The van der Waals surface area contributed by atoms with Crippen LogP contribution in [0.25, 0.3) is 11.3 Å². The van der Waals surface area contributed by atoms with E-state index in [0.717, 1.165) is 67.6 Å². The number of anilines is 1. The summed E-state index contributed by atoms with van der Waals surface area (Å²) >= 11 is 1.64. The molecule has 0 radical (unpaired) electrons. The molecule has 1 amide bonds. The summed E-state index contributed by atoms with van der Waals surface area (Å²) in [5.74, 6) is -0.0354. The number of benzene rings is 2. The van der Waals surface area contributed by atoms with Crippen LogP contribution < -0.4 is 4.90 Å². The summed E-state index contributed by atoms with van der Waals surface area (Å²) in [5, 5.41) is 3.10. The summed E-state index contributed by atoms with van der Waals surface area (Å²) in [5.41, 5.74) is 4.18. The molecular weight excluding hydrogens is 411 g/mol. The van der Waals surface area contributed by atoms with Crippen molar-refractivity contribution in [3.63, 3.8) is 0 Å². The quantitative estimate of drug-likeness (QED) is 0.612. The van der Waals surface area contributed by atoms with Crippen LogP contribution in [-0.2, 0) is 17.8 Å². The zero-order valence-corrected chi connectivity index (χ0v) is 18.2. The minimum Gasteiger partial charge on any atom is -0.311 e. The number of thiazole rings is 1. The fourth-order valence-electron chi connectivity index (χ4n) is 4.31. The first-order chi connectivity index (χ1) is 15.2. The van der Waals surface area contributed by atoms with Crippen LogP contribution in [0.15, 0.2) is 53.9 Å². The predicted molar refractivity (Wildman–Crippen MR) is 122 cm³/mol. The lowest BCUT2D eigenvalue weighted by molar-refractivity contribution is -0.120. The van der Waals surface area contributed by atoms with E-state index in [1.165, 1.54) is 17.7 Å². The maximum atomic E-state index is 13.1. The Labute approximate surface area is 185 Å². The first-order valence-corrected chi connectivity index (χ1v) is 11.6. The van der Waals surface area contributed by atoms with Crippen LogP contribution in [0.3, 0.4) is 0 Å². The molecule has 0 spiro atoms. The molecule has 3 heterocycles. The molecule has 0 N–H and O–H groups in total. The number of hydrogen-bond acceptors (Lipinski definition) is 5. The van der Waals surface area contributed by atoms with Crippen LogP contribution in [0.4, 0.5) is 10.1 Å². The van der Waals surface area contributed by atoms with Gasteiger partial charge in [-0.2, -0.15) is 0 Å². The molecule has 0 bridgehead atoms. The highest BCUT2D eigenvalue weighted by Crippen LogP contribution is 2.28. The van der Waals surface area contributed by atoms with E-state index in [-0.39, 0.29) is 11.7 Å². The zero-order valence-electron chi connectivity index (χ0n) is 17.3. The summed E-state index contributed by atoms with van der Waals surface area (Å²) in [7, 11) is 0. The first-order valence-electron chi connectivity index (χ1n) is 10.7. The number of halogens is 1. The lowest BCUT2D eigenvalue weighted by atomic mass is 10.2. The molecule has 0 atom stereocenters. The molecule has 1 fully saturated rings. The normalized spacial score (nSPS) is 17.1. The van der Waals surface area contributed by atoms with Crippen molar-refractivity contribution in [1.29, 1.82) is 0 Å². The van der Waals surface area contributed by atoms with Gasteiger partial charge >= 0.3 is 0 Å². The van der Waals surface area contributed by atoms with E-state index in [2.05, 4.69) is 15.9 Å². The van der Waals surface area contributed by atoms with E-state index in [9.17, 15) is 9.18 Å². The second-order valence-corrected chi connectivity index (χ2v) is 9.05. The molecule has 2 aliphatic heterocycles. The van der Waals surface area contributed by atoms with Crippen LogP contribution in [0.5, 0.6) is 0 Å². The monoisotopic (exact) mass is 436 g/mol. The summed E-state index contributed by atoms with van der Waals surface area (Å²) in [6.45, 7) is 5.71. The highest BCUT2D eigenvalue weighted by atomic mass is 32.1. The molecule has 160 valence electrons. The van der Waals surface area contributed by atoms with Crippen LogP contribution in [0, 0.1) is 5.82 Å². The van der Waals surface area contributed by atoms with Gasteiger partial charge in [-0.05, 0) is 42.3 Å². The van der Waals surface area contributed by atoms with Gasteiger partial charge in [0.25, 0.3) is 0 Å². The van der Waals surface area contributed by atoms with Crippen molar-refractivity contribution >= 4 is 22.9 Å². The fraction of sp³-hybridized carbons (Fsp3) is 0.333. The smallest absolute Gasteiger partial charge is 0.241 e. The number of hydrogen-bond donors (Lipinski definition) is 0. The van der Waals surface area contributed by atoms with Gasteiger partial charge in [-0.3, -0.25) is 14.6 Å².